The molecule has 0 aliphatic rings. The maximum atomic E-state index is 5.05. The summed E-state index contributed by atoms with van der Waals surface area (Å²) in [5, 5.41) is 0. The van der Waals surface area contributed by atoms with E-state index in [2.05, 4.69) is 4.98 Å². The molecule has 0 bridgehead atoms. The smallest absolute Gasteiger partial charge is 0.260 e. The Balaban J connectivity index is 3.13. The maximum Gasteiger partial charge on any atom is 0.260 e. The van der Waals surface area contributed by atoms with Crippen molar-refractivity contribution in [1.29, 1.82) is 0 Å². The van der Waals surface area contributed by atoms with Crippen LogP contribution in [0.3, 0.4) is 0 Å². The van der Waals surface area contributed by atoms with E-state index >= 15 is 0 Å². The highest BCUT2D eigenvalue weighted by Crippen LogP contribution is 2.33. The van der Waals surface area contributed by atoms with Crippen LogP contribution in [0.2, 0.25) is 0 Å². The molecule has 1 aromatic heterocycles. The molecule has 66 valence electrons. The van der Waals surface area contributed by atoms with Crippen LogP contribution in [0, 0.1) is 0 Å². The minimum absolute atomic E-state index is 0.428. The lowest BCUT2D eigenvalue weighted by molar-refractivity contribution is 0.316. The third kappa shape index (κ3) is 1.42. The molecule has 1 heterocycles. The van der Waals surface area contributed by atoms with E-state index in [1.807, 2.05) is 0 Å². The Morgan fingerprint density at radius 3 is 2.33 bits per heavy atom. The van der Waals surface area contributed by atoms with Gasteiger partial charge in [-0.3, -0.25) is 0 Å². The number of nitrogens with zero attached hydrogens (tertiary/aromatic N) is 1. The lowest BCUT2D eigenvalue weighted by Crippen LogP contribution is -1.96. The molecular weight excluding hydrogens is 158 g/mol. The van der Waals surface area contributed by atoms with E-state index in [4.69, 9.17) is 14.2 Å². The molecule has 0 atom stereocenters. The van der Waals surface area contributed by atoms with E-state index < -0.39 is 0 Å². The number of methoxy groups -OCH3 is 3. The van der Waals surface area contributed by atoms with Gasteiger partial charge in [0.1, 0.15) is 0 Å². The van der Waals surface area contributed by atoms with Gasteiger partial charge < -0.3 is 14.2 Å². The highest BCUT2D eigenvalue weighted by molar-refractivity contribution is 5.46. The van der Waals surface area contributed by atoms with Crippen LogP contribution in [0.1, 0.15) is 0 Å². The molecule has 1 aromatic rings. The predicted molar refractivity (Wildman–Crippen MR) is 43.9 cm³/mol. The summed E-state index contributed by atoms with van der Waals surface area (Å²) in [6.45, 7) is 0. The van der Waals surface area contributed by atoms with Gasteiger partial charge in [0.15, 0.2) is 5.75 Å². The van der Waals surface area contributed by atoms with Crippen molar-refractivity contribution in [2.75, 3.05) is 21.3 Å². The zero-order valence-corrected chi connectivity index (χ0v) is 7.33. The van der Waals surface area contributed by atoms with Gasteiger partial charge in [0.2, 0.25) is 5.75 Å². The summed E-state index contributed by atoms with van der Waals surface area (Å²) in [6.07, 6.45) is 1.60. The van der Waals surface area contributed by atoms with E-state index in [1.165, 1.54) is 7.11 Å². The highest BCUT2D eigenvalue weighted by Gasteiger charge is 2.10. The van der Waals surface area contributed by atoms with E-state index in [1.54, 1.807) is 26.5 Å². The second kappa shape index (κ2) is 3.80. The Kier molecular flexibility index (Phi) is 2.74. The summed E-state index contributed by atoms with van der Waals surface area (Å²) in [6, 6.07) is 1.71. The Hall–Kier alpha value is -1.45. The Bertz CT molecular complexity index is 240. The van der Waals surface area contributed by atoms with Gasteiger partial charge in [0, 0.05) is 12.3 Å². The van der Waals surface area contributed by atoms with Crippen molar-refractivity contribution in [1.82, 2.24) is 4.98 Å². The van der Waals surface area contributed by atoms with Crippen molar-refractivity contribution < 1.29 is 14.2 Å². The first-order valence-electron chi connectivity index (χ1n) is 3.44. The molecule has 4 nitrogen and oxygen atoms in total. The quantitative estimate of drug-likeness (QED) is 0.679. The Morgan fingerprint density at radius 1 is 1.08 bits per heavy atom. The number of pyridine rings is 1. The van der Waals surface area contributed by atoms with Gasteiger partial charge in [-0.05, 0) is 0 Å². The third-order valence-electron chi connectivity index (χ3n) is 1.45. The predicted octanol–water partition coefficient (Wildman–Crippen LogP) is 1.11. The van der Waals surface area contributed by atoms with Gasteiger partial charge in [-0.1, -0.05) is 0 Å². The van der Waals surface area contributed by atoms with Crippen molar-refractivity contribution in [3.05, 3.63) is 12.3 Å². The minimum Gasteiger partial charge on any atom is -0.493 e. The van der Waals surface area contributed by atoms with Crippen molar-refractivity contribution in [2.45, 2.75) is 0 Å². The van der Waals surface area contributed by atoms with Crippen LogP contribution < -0.4 is 14.2 Å². The number of hydrogen-bond acceptors (Lipinski definition) is 4. The molecule has 0 saturated carbocycles. The molecular formula is C8H11NO3. The molecule has 0 aliphatic carbocycles. The van der Waals surface area contributed by atoms with Crippen molar-refractivity contribution in [2.24, 2.45) is 0 Å². The van der Waals surface area contributed by atoms with Crippen molar-refractivity contribution in [3.8, 4) is 17.4 Å². The zero-order chi connectivity index (χ0) is 8.97. The zero-order valence-electron chi connectivity index (χ0n) is 7.33. The Morgan fingerprint density at radius 2 is 1.83 bits per heavy atom. The van der Waals surface area contributed by atoms with E-state index in [0.717, 1.165) is 0 Å². The maximum absolute atomic E-state index is 5.05. The lowest BCUT2D eigenvalue weighted by Gasteiger charge is -2.09. The van der Waals surface area contributed by atoms with Crippen LogP contribution in [0.15, 0.2) is 12.3 Å². The van der Waals surface area contributed by atoms with Crippen LogP contribution >= 0.6 is 0 Å². The molecule has 0 aliphatic heterocycles. The van der Waals surface area contributed by atoms with Gasteiger partial charge in [0.05, 0.1) is 21.3 Å². The van der Waals surface area contributed by atoms with E-state index in [-0.39, 0.29) is 0 Å². The average Bonchev–Trinajstić information content (AvgIpc) is 2.16. The number of hydrogen-bond donors (Lipinski definition) is 0. The molecule has 1 rings (SSSR count). The molecule has 0 saturated heterocycles. The number of ether oxygens (including phenoxy) is 3. The van der Waals surface area contributed by atoms with E-state index in [9.17, 15) is 0 Å². The fourth-order valence-corrected chi connectivity index (χ4v) is 0.906. The monoisotopic (exact) mass is 169 g/mol. The highest BCUT2D eigenvalue weighted by atomic mass is 16.5. The van der Waals surface area contributed by atoms with Crippen LogP contribution in [-0.4, -0.2) is 26.3 Å². The van der Waals surface area contributed by atoms with Gasteiger partial charge in [-0.2, -0.15) is 0 Å². The summed E-state index contributed by atoms with van der Waals surface area (Å²) >= 11 is 0. The first-order chi connectivity index (χ1) is 5.83. The van der Waals surface area contributed by atoms with Crippen LogP contribution in [0.5, 0.6) is 17.4 Å². The molecule has 0 amide bonds. The molecule has 0 unspecified atom stereocenters. The van der Waals surface area contributed by atoms with Crippen LogP contribution in [0.4, 0.5) is 0 Å². The molecule has 0 radical (unpaired) electrons. The van der Waals surface area contributed by atoms with Crippen LogP contribution in [0.25, 0.3) is 0 Å². The molecule has 4 heteroatoms. The summed E-state index contributed by atoms with van der Waals surface area (Å²) in [5.74, 6) is 1.56. The first kappa shape index (κ1) is 8.64. The largest absolute Gasteiger partial charge is 0.493 e. The number of rotatable bonds is 3. The van der Waals surface area contributed by atoms with Crippen molar-refractivity contribution >= 4 is 0 Å². The van der Waals surface area contributed by atoms with Crippen LogP contribution in [-0.2, 0) is 0 Å². The molecule has 0 spiro atoms. The van der Waals surface area contributed by atoms with Crippen molar-refractivity contribution in [3.63, 3.8) is 0 Å². The lowest BCUT2D eigenvalue weighted by atomic mass is 10.4. The molecule has 0 N–H and O–H groups in total. The second-order valence-corrected chi connectivity index (χ2v) is 2.06. The normalized spacial score (nSPS) is 9.25. The first-order valence-corrected chi connectivity index (χ1v) is 3.44. The fraction of sp³-hybridized carbons (Fsp3) is 0.375. The topological polar surface area (TPSA) is 40.6 Å². The van der Waals surface area contributed by atoms with Gasteiger partial charge >= 0.3 is 0 Å². The summed E-state index contributed by atoms with van der Waals surface area (Å²) in [7, 11) is 4.64. The van der Waals surface area contributed by atoms with Gasteiger partial charge in [-0.15, -0.1) is 0 Å². The summed E-state index contributed by atoms with van der Waals surface area (Å²) in [4.78, 5) is 3.95. The minimum atomic E-state index is 0.428. The molecule has 0 aromatic carbocycles. The third-order valence-corrected chi connectivity index (χ3v) is 1.45. The molecule has 12 heavy (non-hydrogen) atoms. The van der Waals surface area contributed by atoms with Gasteiger partial charge in [-0.25, -0.2) is 4.98 Å². The number of aromatic nitrogens is 1. The standard InChI is InChI=1S/C8H11NO3/c1-10-6-4-5-9-8(12-3)7(6)11-2/h4-5H,1-3H3. The SMILES string of the molecule is COc1ccnc(OC)c1OC. The second-order valence-electron chi connectivity index (χ2n) is 2.06. The van der Waals surface area contributed by atoms with E-state index in [0.29, 0.717) is 17.4 Å². The average molecular weight is 169 g/mol. The fourth-order valence-electron chi connectivity index (χ4n) is 0.906. The molecule has 0 fully saturated rings. The summed E-state index contributed by atoms with van der Waals surface area (Å²) < 4.78 is 15.0. The Labute approximate surface area is 71.1 Å². The van der Waals surface area contributed by atoms with Gasteiger partial charge in [0.25, 0.3) is 5.88 Å². The summed E-state index contributed by atoms with van der Waals surface area (Å²) in [5.41, 5.74) is 0.